The third-order valence-corrected chi connectivity index (χ3v) is 2.56. The number of nitrogens with zero attached hydrogens (tertiary/aromatic N) is 1. The number of carbonyl (C=O) groups excluding carboxylic acids is 1. The lowest BCUT2D eigenvalue weighted by atomic mass is 9.74. The molecule has 0 aliphatic heterocycles. The van der Waals surface area contributed by atoms with Gasteiger partial charge in [-0.2, -0.15) is 0 Å². The Labute approximate surface area is 94.2 Å². The first-order chi connectivity index (χ1) is 6.62. The lowest BCUT2D eigenvalue weighted by molar-refractivity contribution is -0.139. The molecule has 0 unspecified atom stereocenters. The van der Waals surface area contributed by atoms with Gasteiger partial charge in [0, 0.05) is 19.5 Å². The molecule has 90 valence electrons. The van der Waals surface area contributed by atoms with E-state index >= 15 is 0 Å². The highest BCUT2D eigenvalue weighted by Crippen LogP contribution is 2.34. The van der Waals surface area contributed by atoms with Crippen molar-refractivity contribution >= 4 is 5.91 Å². The van der Waals surface area contributed by atoms with Gasteiger partial charge in [0.1, 0.15) is 0 Å². The van der Waals surface area contributed by atoms with Crippen LogP contribution in [0.5, 0.6) is 0 Å². The average Bonchev–Trinajstić information content (AvgIpc) is 2.00. The van der Waals surface area contributed by atoms with Gasteiger partial charge in [0.05, 0.1) is 0 Å². The lowest BCUT2D eigenvalue weighted by Crippen LogP contribution is -2.41. The van der Waals surface area contributed by atoms with Crippen molar-refractivity contribution in [2.24, 2.45) is 10.8 Å². The highest BCUT2D eigenvalue weighted by Gasteiger charge is 2.35. The molecular formula is C12H26N2O. The molecule has 0 saturated carbocycles. The van der Waals surface area contributed by atoms with Crippen molar-refractivity contribution in [1.29, 1.82) is 0 Å². The van der Waals surface area contributed by atoms with E-state index < -0.39 is 0 Å². The quantitative estimate of drug-likeness (QED) is 0.756. The lowest BCUT2D eigenvalue weighted by Gasteiger charge is -2.35. The second-order valence-electron chi connectivity index (χ2n) is 5.95. The zero-order valence-corrected chi connectivity index (χ0v) is 11.3. The smallest absolute Gasteiger partial charge is 0.227 e. The minimum atomic E-state index is -0.288. The van der Waals surface area contributed by atoms with E-state index in [4.69, 9.17) is 0 Å². The first-order valence-corrected chi connectivity index (χ1v) is 5.49. The molecule has 3 heteroatoms. The fourth-order valence-electron chi connectivity index (χ4n) is 2.42. The van der Waals surface area contributed by atoms with Crippen molar-refractivity contribution in [3.05, 3.63) is 0 Å². The topological polar surface area (TPSA) is 32.3 Å². The summed E-state index contributed by atoms with van der Waals surface area (Å²) < 4.78 is 0. The van der Waals surface area contributed by atoms with Crippen molar-refractivity contribution in [3.63, 3.8) is 0 Å². The van der Waals surface area contributed by atoms with E-state index in [1.807, 2.05) is 35.0 Å². The molecule has 0 aromatic rings. The van der Waals surface area contributed by atoms with Crippen LogP contribution in [0.15, 0.2) is 0 Å². The normalized spacial score (nSPS) is 12.7. The SMILES string of the molecule is CNCC(C)(C)CC(C)(C)C(=O)N(C)C. The molecule has 1 amide bonds. The van der Waals surface area contributed by atoms with E-state index in [0.717, 1.165) is 13.0 Å². The van der Waals surface area contributed by atoms with E-state index in [2.05, 4.69) is 19.2 Å². The van der Waals surface area contributed by atoms with Crippen LogP contribution < -0.4 is 5.32 Å². The number of nitrogens with one attached hydrogen (secondary N) is 1. The third kappa shape index (κ3) is 4.65. The average molecular weight is 214 g/mol. The van der Waals surface area contributed by atoms with Gasteiger partial charge in [-0.1, -0.05) is 27.7 Å². The summed E-state index contributed by atoms with van der Waals surface area (Å²) in [6, 6.07) is 0. The number of rotatable bonds is 5. The van der Waals surface area contributed by atoms with Gasteiger partial charge in [0.2, 0.25) is 5.91 Å². The van der Waals surface area contributed by atoms with E-state index in [9.17, 15) is 4.79 Å². The summed E-state index contributed by atoms with van der Waals surface area (Å²) in [5.74, 6) is 0.201. The Morgan fingerprint density at radius 3 is 2.00 bits per heavy atom. The van der Waals surface area contributed by atoms with Gasteiger partial charge in [0.25, 0.3) is 0 Å². The molecule has 1 N–H and O–H groups in total. The minimum absolute atomic E-state index is 0.143. The van der Waals surface area contributed by atoms with Crippen LogP contribution in [-0.4, -0.2) is 38.5 Å². The highest BCUT2D eigenvalue weighted by atomic mass is 16.2. The zero-order valence-electron chi connectivity index (χ0n) is 11.3. The standard InChI is InChI=1S/C12H26N2O/c1-11(2,9-13-5)8-12(3,4)10(15)14(6)7/h13H,8-9H2,1-7H3. The van der Waals surface area contributed by atoms with Crippen LogP contribution in [0, 0.1) is 10.8 Å². The molecule has 0 radical (unpaired) electrons. The van der Waals surface area contributed by atoms with Gasteiger partial charge >= 0.3 is 0 Å². The van der Waals surface area contributed by atoms with Crippen LogP contribution in [0.1, 0.15) is 34.1 Å². The van der Waals surface area contributed by atoms with Crippen LogP contribution in [0.25, 0.3) is 0 Å². The highest BCUT2D eigenvalue weighted by molar-refractivity contribution is 5.81. The number of carbonyl (C=O) groups is 1. The van der Waals surface area contributed by atoms with Gasteiger partial charge in [0.15, 0.2) is 0 Å². The van der Waals surface area contributed by atoms with Crippen LogP contribution >= 0.6 is 0 Å². The second-order valence-corrected chi connectivity index (χ2v) is 5.95. The molecule has 15 heavy (non-hydrogen) atoms. The molecule has 0 saturated heterocycles. The first-order valence-electron chi connectivity index (χ1n) is 5.49. The van der Waals surface area contributed by atoms with Crippen LogP contribution in [0.3, 0.4) is 0 Å². The van der Waals surface area contributed by atoms with Crippen molar-refractivity contribution in [2.75, 3.05) is 27.7 Å². The molecule has 0 aliphatic rings. The van der Waals surface area contributed by atoms with Crippen LogP contribution in [0.4, 0.5) is 0 Å². The summed E-state index contributed by atoms with van der Waals surface area (Å²) in [7, 11) is 5.58. The summed E-state index contributed by atoms with van der Waals surface area (Å²) in [6.45, 7) is 9.35. The van der Waals surface area contributed by atoms with E-state index in [0.29, 0.717) is 0 Å². The fourth-order valence-corrected chi connectivity index (χ4v) is 2.42. The largest absolute Gasteiger partial charge is 0.348 e. The summed E-state index contributed by atoms with van der Waals surface area (Å²) >= 11 is 0. The Morgan fingerprint density at radius 1 is 1.20 bits per heavy atom. The van der Waals surface area contributed by atoms with E-state index in [1.54, 1.807) is 4.90 Å². The van der Waals surface area contributed by atoms with Crippen molar-refractivity contribution in [1.82, 2.24) is 10.2 Å². The number of hydrogen-bond acceptors (Lipinski definition) is 2. The maximum Gasteiger partial charge on any atom is 0.227 e. The molecule has 0 heterocycles. The molecule has 3 nitrogen and oxygen atoms in total. The van der Waals surface area contributed by atoms with Crippen LogP contribution in [-0.2, 0) is 4.79 Å². The molecule has 0 atom stereocenters. The molecule has 0 spiro atoms. The minimum Gasteiger partial charge on any atom is -0.348 e. The Morgan fingerprint density at radius 2 is 1.67 bits per heavy atom. The Kier molecular flexibility index (Phi) is 4.78. The van der Waals surface area contributed by atoms with Gasteiger partial charge < -0.3 is 10.2 Å². The van der Waals surface area contributed by atoms with E-state index in [-0.39, 0.29) is 16.7 Å². The van der Waals surface area contributed by atoms with E-state index in [1.165, 1.54) is 0 Å². The molecular weight excluding hydrogens is 188 g/mol. The molecule has 0 aromatic heterocycles. The molecule has 0 fully saturated rings. The predicted molar refractivity (Wildman–Crippen MR) is 64.8 cm³/mol. The molecule has 0 aliphatic carbocycles. The van der Waals surface area contributed by atoms with Crippen molar-refractivity contribution in [3.8, 4) is 0 Å². The monoisotopic (exact) mass is 214 g/mol. The maximum absolute atomic E-state index is 12.0. The Balaban J connectivity index is 4.56. The fraction of sp³-hybridized carbons (Fsp3) is 0.917. The first kappa shape index (κ1) is 14.4. The van der Waals surface area contributed by atoms with Gasteiger partial charge in [-0.05, 0) is 25.4 Å². The van der Waals surface area contributed by atoms with Gasteiger partial charge in [-0.15, -0.1) is 0 Å². The molecule has 0 rings (SSSR count). The van der Waals surface area contributed by atoms with Gasteiger partial charge in [-0.25, -0.2) is 0 Å². The van der Waals surface area contributed by atoms with Gasteiger partial charge in [-0.3, -0.25) is 4.79 Å². The molecule has 0 aromatic carbocycles. The summed E-state index contributed by atoms with van der Waals surface area (Å²) in [4.78, 5) is 13.6. The summed E-state index contributed by atoms with van der Waals surface area (Å²) in [5.41, 5.74) is -0.145. The number of amides is 1. The second kappa shape index (κ2) is 4.97. The summed E-state index contributed by atoms with van der Waals surface area (Å²) in [5, 5.41) is 3.17. The predicted octanol–water partition coefficient (Wildman–Crippen LogP) is 1.74. The Hall–Kier alpha value is -0.570. The maximum atomic E-state index is 12.0. The zero-order chi connectivity index (χ0) is 12.3. The van der Waals surface area contributed by atoms with Crippen molar-refractivity contribution in [2.45, 2.75) is 34.1 Å². The molecule has 0 bridgehead atoms. The van der Waals surface area contributed by atoms with Crippen molar-refractivity contribution < 1.29 is 4.79 Å². The van der Waals surface area contributed by atoms with Crippen LogP contribution in [0.2, 0.25) is 0 Å². The third-order valence-electron chi connectivity index (χ3n) is 2.56. The number of hydrogen-bond donors (Lipinski definition) is 1. The summed E-state index contributed by atoms with van der Waals surface area (Å²) in [6.07, 6.45) is 0.887. The Bertz CT molecular complexity index is 220.